The van der Waals surface area contributed by atoms with Gasteiger partial charge in [-0.3, -0.25) is 4.99 Å². The van der Waals surface area contributed by atoms with E-state index in [9.17, 15) is 0 Å². The number of rotatable bonds is 2. The largest absolute Gasteiger partial charge is 0.370 e. The molecule has 1 aromatic rings. The van der Waals surface area contributed by atoms with E-state index < -0.39 is 0 Å². The molecule has 3 nitrogen and oxygen atoms in total. The van der Waals surface area contributed by atoms with Crippen LogP contribution in [0.3, 0.4) is 0 Å². The van der Waals surface area contributed by atoms with E-state index >= 15 is 0 Å². The first-order valence-corrected chi connectivity index (χ1v) is 5.33. The molecule has 1 atom stereocenters. The van der Waals surface area contributed by atoms with Gasteiger partial charge in [0.25, 0.3) is 0 Å². The third-order valence-corrected chi connectivity index (χ3v) is 2.77. The van der Waals surface area contributed by atoms with E-state index in [4.69, 9.17) is 5.73 Å². The topological polar surface area (TPSA) is 50.4 Å². The summed E-state index contributed by atoms with van der Waals surface area (Å²) in [5.41, 5.74) is 8.20. The lowest BCUT2D eigenvalue weighted by Gasteiger charge is -2.12. The van der Waals surface area contributed by atoms with E-state index in [1.165, 1.54) is 11.1 Å². The van der Waals surface area contributed by atoms with Crippen molar-refractivity contribution in [3.63, 3.8) is 0 Å². The first-order valence-electron chi connectivity index (χ1n) is 5.33. The Morgan fingerprint density at radius 3 is 2.47 bits per heavy atom. The van der Waals surface area contributed by atoms with Crippen LogP contribution in [-0.2, 0) is 0 Å². The number of nitrogens with two attached hydrogens (primary N) is 1. The molecule has 15 heavy (non-hydrogen) atoms. The standard InChI is InChI=1S/C12H17N3/c1-8(2)9-3-5-10(6-4-9)11-7-14-12(13)15-11/h3-6,8,11H,7H2,1-2H3,(H3,13,14,15). The molecule has 0 saturated carbocycles. The van der Waals surface area contributed by atoms with Crippen LogP contribution in [0.4, 0.5) is 0 Å². The van der Waals surface area contributed by atoms with Crippen LogP contribution in [0.1, 0.15) is 36.9 Å². The summed E-state index contributed by atoms with van der Waals surface area (Å²) in [5.74, 6) is 1.13. The molecular formula is C12H17N3. The third kappa shape index (κ3) is 2.12. The lowest BCUT2D eigenvalue weighted by Crippen LogP contribution is -2.29. The summed E-state index contributed by atoms with van der Waals surface area (Å²) in [6, 6.07) is 8.92. The van der Waals surface area contributed by atoms with Crippen LogP contribution in [0, 0.1) is 0 Å². The fraction of sp³-hybridized carbons (Fsp3) is 0.417. The highest BCUT2D eigenvalue weighted by Crippen LogP contribution is 2.20. The van der Waals surface area contributed by atoms with Crippen molar-refractivity contribution in [2.75, 3.05) is 6.54 Å². The molecular weight excluding hydrogens is 186 g/mol. The van der Waals surface area contributed by atoms with Gasteiger partial charge in [-0.15, -0.1) is 0 Å². The molecule has 0 aliphatic carbocycles. The summed E-state index contributed by atoms with van der Waals surface area (Å²) in [6.07, 6.45) is 0. The number of benzene rings is 1. The Labute approximate surface area is 90.4 Å². The molecule has 0 fully saturated rings. The molecule has 3 N–H and O–H groups in total. The predicted octanol–water partition coefficient (Wildman–Crippen LogP) is 1.77. The zero-order chi connectivity index (χ0) is 10.8. The smallest absolute Gasteiger partial charge is 0.189 e. The van der Waals surface area contributed by atoms with E-state index in [1.807, 2.05) is 0 Å². The minimum absolute atomic E-state index is 0.256. The molecule has 1 aliphatic heterocycles. The SMILES string of the molecule is CC(C)c1ccc(C2CN=C(N)N2)cc1. The van der Waals surface area contributed by atoms with Crippen molar-refractivity contribution in [2.24, 2.45) is 10.7 Å². The van der Waals surface area contributed by atoms with Crippen LogP contribution in [-0.4, -0.2) is 12.5 Å². The van der Waals surface area contributed by atoms with Crippen LogP contribution >= 0.6 is 0 Å². The Bertz CT molecular complexity index is 365. The molecule has 0 saturated heterocycles. The van der Waals surface area contributed by atoms with Gasteiger partial charge in [-0.05, 0) is 17.0 Å². The Hall–Kier alpha value is -1.51. The van der Waals surface area contributed by atoms with E-state index in [1.54, 1.807) is 0 Å². The minimum Gasteiger partial charge on any atom is -0.370 e. The molecule has 0 aromatic heterocycles. The predicted molar refractivity (Wildman–Crippen MR) is 62.9 cm³/mol. The van der Waals surface area contributed by atoms with Crippen molar-refractivity contribution >= 4 is 5.96 Å². The van der Waals surface area contributed by atoms with Gasteiger partial charge in [0.2, 0.25) is 0 Å². The Kier molecular flexibility index (Phi) is 2.62. The molecule has 80 valence electrons. The molecule has 2 rings (SSSR count). The Morgan fingerprint density at radius 1 is 1.33 bits per heavy atom. The molecule has 0 radical (unpaired) electrons. The quantitative estimate of drug-likeness (QED) is 0.769. The number of guanidine groups is 1. The van der Waals surface area contributed by atoms with Crippen molar-refractivity contribution < 1.29 is 0 Å². The van der Waals surface area contributed by atoms with Gasteiger partial charge in [-0.2, -0.15) is 0 Å². The molecule has 0 amide bonds. The van der Waals surface area contributed by atoms with Crippen molar-refractivity contribution in [1.29, 1.82) is 0 Å². The molecule has 1 aliphatic rings. The number of hydrogen-bond donors (Lipinski definition) is 2. The van der Waals surface area contributed by atoms with E-state index in [0.717, 1.165) is 6.54 Å². The number of nitrogens with zero attached hydrogens (tertiary/aromatic N) is 1. The van der Waals surface area contributed by atoms with E-state index in [2.05, 4.69) is 48.4 Å². The van der Waals surface area contributed by atoms with Crippen LogP contribution in [0.15, 0.2) is 29.3 Å². The van der Waals surface area contributed by atoms with Crippen molar-refractivity contribution in [1.82, 2.24) is 5.32 Å². The van der Waals surface area contributed by atoms with Crippen LogP contribution in [0.2, 0.25) is 0 Å². The summed E-state index contributed by atoms with van der Waals surface area (Å²) in [4.78, 5) is 4.13. The highest BCUT2D eigenvalue weighted by molar-refractivity contribution is 5.80. The highest BCUT2D eigenvalue weighted by Gasteiger charge is 2.16. The monoisotopic (exact) mass is 203 g/mol. The molecule has 3 heteroatoms. The maximum absolute atomic E-state index is 5.58. The first-order chi connectivity index (χ1) is 7.16. The lowest BCUT2D eigenvalue weighted by atomic mass is 9.99. The van der Waals surface area contributed by atoms with Crippen LogP contribution < -0.4 is 11.1 Å². The second-order valence-corrected chi connectivity index (χ2v) is 4.24. The summed E-state index contributed by atoms with van der Waals surface area (Å²) in [5, 5.41) is 3.15. The Balaban J connectivity index is 2.11. The fourth-order valence-electron chi connectivity index (χ4n) is 1.76. The summed E-state index contributed by atoms with van der Waals surface area (Å²) in [6.45, 7) is 5.14. The second-order valence-electron chi connectivity index (χ2n) is 4.24. The molecule has 0 bridgehead atoms. The van der Waals surface area contributed by atoms with Crippen molar-refractivity contribution in [2.45, 2.75) is 25.8 Å². The second kappa shape index (κ2) is 3.93. The molecule has 1 heterocycles. The Morgan fingerprint density at radius 2 is 2.00 bits per heavy atom. The maximum Gasteiger partial charge on any atom is 0.189 e. The third-order valence-electron chi connectivity index (χ3n) is 2.77. The number of nitrogens with one attached hydrogen (secondary N) is 1. The molecule has 0 spiro atoms. The van der Waals surface area contributed by atoms with Crippen LogP contribution in [0.5, 0.6) is 0 Å². The number of hydrogen-bond acceptors (Lipinski definition) is 3. The zero-order valence-corrected chi connectivity index (χ0v) is 9.20. The van der Waals surface area contributed by atoms with Gasteiger partial charge >= 0.3 is 0 Å². The first kappa shape index (κ1) is 10.0. The van der Waals surface area contributed by atoms with Gasteiger partial charge in [0.05, 0.1) is 12.6 Å². The van der Waals surface area contributed by atoms with Gasteiger partial charge < -0.3 is 11.1 Å². The summed E-state index contributed by atoms with van der Waals surface area (Å²) in [7, 11) is 0. The molecule has 1 unspecified atom stereocenters. The lowest BCUT2D eigenvalue weighted by molar-refractivity contribution is 0.706. The average Bonchev–Trinajstić information content (AvgIpc) is 2.65. The highest BCUT2D eigenvalue weighted by atomic mass is 15.2. The van der Waals surface area contributed by atoms with Gasteiger partial charge in [-0.25, -0.2) is 0 Å². The van der Waals surface area contributed by atoms with Gasteiger partial charge in [0.1, 0.15) is 0 Å². The fourth-order valence-corrected chi connectivity index (χ4v) is 1.76. The van der Waals surface area contributed by atoms with E-state index in [0.29, 0.717) is 11.9 Å². The maximum atomic E-state index is 5.58. The average molecular weight is 203 g/mol. The summed E-state index contributed by atoms with van der Waals surface area (Å²) < 4.78 is 0. The zero-order valence-electron chi connectivity index (χ0n) is 9.20. The van der Waals surface area contributed by atoms with Crippen molar-refractivity contribution in [3.05, 3.63) is 35.4 Å². The van der Waals surface area contributed by atoms with Crippen molar-refractivity contribution in [3.8, 4) is 0 Å². The van der Waals surface area contributed by atoms with Gasteiger partial charge in [-0.1, -0.05) is 38.1 Å². The van der Waals surface area contributed by atoms with Gasteiger partial charge in [0, 0.05) is 0 Å². The van der Waals surface area contributed by atoms with Crippen LogP contribution in [0.25, 0.3) is 0 Å². The summed E-state index contributed by atoms with van der Waals surface area (Å²) >= 11 is 0. The van der Waals surface area contributed by atoms with Gasteiger partial charge in [0.15, 0.2) is 5.96 Å². The van der Waals surface area contributed by atoms with E-state index in [-0.39, 0.29) is 6.04 Å². The molecule has 1 aromatic carbocycles. The normalized spacial score (nSPS) is 20.2. The number of aliphatic imine (C=N–C) groups is 1. The minimum atomic E-state index is 0.256.